The summed E-state index contributed by atoms with van der Waals surface area (Å²) in [6.45, 7) is 0.994. The fourth-order valence-corrected chi connectivity index (χ4v) is 4.12. The Morgan fingerprint density at radius 1 is 1.35 bits per heavy atom. The second-order valence-electron chi connectivity index (χ2n) is 7.53. The number of rotatable bonds is 6. The van der Waals surface area contributed by atoms with Crippen LogP contribution in [0.4, 0.5) is 5.95 Å². The van der Waals surface area contributed by atoms with Gasteiger partial charge in [-0.15, -0.1) is 0 Å². The van der Waals surface area contributed by atoms with Gasteiger partial charge in [0.15, 0.2) is 0 Å². The quantitative estimate of drug-likeness (QED) is 0.618. The molecule has 2 aromatic rings. The molecule has 1 aromatic heterocycles. The van der Waals surface area contributed by atoms with Crippen LogP contribution in [0.1, 0.15) is 34.8 Å². The Bertz CT molecular complexity index is 996. The smallest absolute Gasteiger partial charge is 0.255 e. The lowest BCUT2D eigenvalue weighted by Crippen LogP contribution is -2.38. The van der Waals surface area contributed by atoms with E-state index in [9.17, 15) is 14.7 Å². The largest absolute Gasteiger partial charge is 0.394 e. The summed E-state index contributed by atoms with van der Waals surface area (Å²) in [6, 6.07) is 4.95. The molecule has 1 atom stereocenters. The van der Waals surface area contributed by atoms with Gasteiger partial charge in [-0.3, -0.25) is 9.59 Å². The minimum absolute atomic E-state index is 0.127. The number of fused-ring (bicyclic) bond motifs is 1. The first-order valence-corrected chi connectivity index (χ1v) is 10.5. The number of hydrogen-bond acceptors (Lipinski definition) is 7. The highest BCUT2D eigenvalue weighted by atomic mass is 35.5. The average Bonchev–Trinajstić information content (AvgIpc) is 3.06. The van der Waals surface area contributed by atoms with E-state index in [4.69, 9.17) is 16.3 Å². The van der Waals surface area contributed by atoms with Gasteiger partial charge in [0, 0.05) is 37.4 Å². The second kappa shape index (κ2) is 9.17. The number of nitrogens with zero attached hydrogens (tertiary/aromatic N) is 3. The third kappa shape index (κ3) is 4.34. The zero-order valence-electron chi connectivity index (χ0n) is 17.1. The van der Waals surface area contributed by atoms with E-state index in [-0.39, 0.29) is 31.0 Å². The van der Waals surface area contributed by atoms with Crippen LogP contribution in [-0.4, -0.2) is 71.2 Å². The molecule has 2 aliphatic rings. The number of benzene rings is 1. The van der Waals surface area contributed by atoms with E-state index in [1.165, 1.54) is 18.1 Å². The summed E-state index contributed by atoms with van der Waals surface area (Å²) in [5.41, 5.74) is 2.26. The van der Waals surface area contributed by atoms with E-state index in [2.05, 4.69) is 20.6 Å². The van der Waals surface area contributed by atoms with Gasteiger partial charge in [0.2, 0.25) is 11.9 Å². The third-order valence-corrected chi connectivity index (χ3v) is 5.89. The highest BCUT2D eigenvalue weighted by Gasteiger charge is 2.37. The van der Waals surface area contributed by atoms with E-state index >= 15 is 0 Å². The Morgan fingerprint density at radius 2 is 2.13 bits per heavy atom. The fourth-order valence-electron chi connectivity index (χ4n) is 3.92. The van der Waals surface area contributed by atoms with Gasteiger partial charge in [-0.2, -0.15) is 0 Å². The second-order valence-corrected chi connectivity index (χ2v) is 7.93. The molecule has 10 heteroatoms. The molecule has 1 saturated heterocycles. The van der Waals surface area contributed by atoms with Crippen molar-refractivity contribution in [2.75, 3.05) is 38.7 Å². The standard InChI is InChI=1S/C21H24ClN5O4/c1-23-18(29)10-27-17(11-28)14-3-2-12(8-15(14)20(27)30)19-16(22)9-24-21(26-19)25-13-4-6-31-7-5-13/h2-3,8-9,13,17,28H,4-7,10-11H2,1H3,(H,23,29)(H,24,25,26). The van der Waals surface area contributed by atoms with E-state index < -0.39 is 6.04 Å². The summed E-state index contributed by atoms with van der Waals surface area (Å²) in [6.07, 6.45) is 3.28. The summed E-state index contributed by atoms with van der Waals surface area (Å²) in [4.78, 5) is 35.0. The molecule has 9 nitrogen and oxygen atoms in total. The van der Waals surface area contributed by atoms with Crippen molar-refractivity contribution in [3.8, 4) is 11.3 Å². The van der Waals surface area contributed by atoms with E-state index in [1.807, 2.05) is 6.07 Å². The first-order chi connectivity index (χ1) is 15.0. The van der Waals surface area contributed by atoms with Crippen LogP contribution in [-0.2, 0) is 9.53 Å². The van der Waals surface area contributed by atoms with Crippen LogP contribution < -0.4 is 10.6 Å². The lowest BCUT2D eigenvalue weighted by Gasteiger charge is -2.23. The Labute approximate surface area is 184 Å². The molecule has 4 rings (SSSR count). The first kappa shape index (κ1) is 21.5. The number of carbonyl (C=O) groups excluding carboxylic acids is 2. The number of aliphatic hydroxyl groups excluding tert-OH is 1. The number of aliphatic hydroxyl groups is 1. The number of ether oxygens (including phenoxy) is 1. The van der Waals surface area contributed by atoms with Crippen molar-refractivity contribution in [1.29, 1.82) is 0 Å². The van der Waals surface area contributed by atoms with Crippen molar-refractivity contribution in [1.82, 2.24) is 20.2 Å². The Balaban J connectivity index is 1.63. The van der Waals surface area contributed by atoms with Crippen LogP contribution in [0.25, 0.3) is 11.3 Å². The maximum atomic E-state index is 13.0. The lowest BCUT2D eigenvalue weighted by atomic mass is 10.0. The predicted octanol–water partition coefficient (Wildman–Crippen LogP) is 1.62. The van der Waals surface area contributed by atoms with Crippen molar-refractivity contribution in [3.63, 3.8) is 0 Å². The Morgan fingerprint density at radius 3 is 2.84 bits per heavy atom. The van der Waals surface area contributed by atoms with Crippen LogP contribution in [0.3, 0.4) is 0 Å². The normalized spacial score (nSPS) is 18.7. The molecule has 3 N–H and O–H groups in total. The minimum atomic E-state index is -0.569. The highest BCUT2D eigenvalue weighted by Crippen LogP contribution is 2.37. The molecule has 0 spiro atoms. The maximum absolute atomic E-state index is 13.0. The van der Waals surface area contributed by atoms with Gasteiger partial charge in [0.1, 0.15) is 6.54 Å². The number of likely N-dealkylation sites (N-methyl/N-ethyl adjacent to an activating group) is 1. The number of amides is 2. The number of hydrogen-bond donors (Lipinski definition) is 3. The number of anilines is 1. The van der Waals surface area contributed by atoms with Crippen LogP contribution >= 0.6 is 11.6 Å². The molecule has 2 aliphatic heterocycles. The molecule has 3 heterocycles. The molecule has 1 unspecified atom stereocenters. The molecule has 1 fully saturated rings. The Hall–Kier alpha value is -2.75. The highest BCUT2D eigenvalue weighted by molar-refractivity contribution is 6.33. The molecular formula is C21H24ClN5O4. The van der Waals surface area contributed by atoms with Gasteiger partial charge in [-0.25, -0.2) is 9.97 Å². The summed E-state index contributed by atoms with van der Waals surface area (Å²) in [5, 5.41) is 16.0. The van der Waals surface area contributed by atoms with Crippen molar-refractivity contribution < 1.29 is 19.4 Å². The molecule has 164 valence electrons. The topological polar surface area (TPSA) is 117 Å². The van der Waals surface area contributed by atoms with E-state index in [1.54, 1.807) is 12.1 Å². The van der Waals surface area contributed by atoms with Crippen LogP contribution in [0, 0.1) is 0 Å². The zero-order valence-corrected chi connectivity index (χ0v) is 17.9. The van der Waals surface area contributed by atoms with Crippen molar-refractivity contribution in [2.45, 2.75) is 24.9 Å². The number of aromatic nitrogens is 2. The number of carbonyl (C=O) groups is 2. The minimum Gasteiger partial charge on any atom is -0.394 e. The molecule has 0 saturated carbocycles. The fraction of sp³-hybridized carbons (Fsp3) is 0.429. The van der Waals surface area contributed by atoms with E-state index in [0.29, 0.717) is 46.6 Å². The predicted molar refractivity (Wildman–Crippen MR) is 115 cm³/mol. The van der Waals surface area contributed by atoms with Gasteiger partial charge < -0.3 is 25.4 Å². The van der Waals surface area contributed by atoms with Crippen LogP contribution in [0.5, 0.6) is 0 Å². The molecule has 1 aromatic carbocycles. The molecule has 0 radical (unpaired) electrons. The summed E-state index contributed by atoms with van der Waals surface area (Å²) in [7, 11) is 1.51. The monoisotopic (exact) mass is 445 g/mol. The van der Waals surface area contributed by atoms with Crippen LogP contribution in [0.15, 0.2) is 24.4 Å². The molecule has 0 aliphatic carbocycles. The van der Waals surface area contributed by atoms with Gasteiger partial charge in [0.25, 0.3) is 5.91 Å². The maximum Gasteiger partial charge on any atom is 0.255 e. The zero-order chi connectivity index (χ0) is 22.0. The Kier molecular flexibility index (Phi) is 6.35. The molecule has 31 heavy (non-hydrogen) atoms. The van der Waals surface area contributed by atoms with Gasteiger partial charge in [0.05, 0.1) is 29.6 Å². The van der Waals surface area contributed by atoms with Gasteiger partial charge in [-0.05, 0) is 24.5 Å². The first-order valence-electron chi connectivity index (χ1n) is 10.2. The summed E-state index contributed by atoms with van der Waals surface area (Å²) < 4.78 is 5.38. The average molecular weight is 446 g/mol. The number of nitrogens with one attached hydrogen (secondary N) is 2. The third-order valence-electron chi connectivity index (χ3n) is 5.62. The van der Waals surface area contributed by atoms with Gasteiger partial charge >= 0.3 is 0 Å². The molecular weight excluding hydrogens is 422 g/mol. The number of halogens is 1. The van der Waals surface area contributed by atoms with Crippen LogP contribution in [0.2, 0.25) is 5.02 Å². The van der Waals surface area contributed by atoms with Gasteiger partial charge in [-0.1, -0.05) is 23.7 Å². The summed E-state index contributed by atoms with van der Waals surface area (Å²) in [5.74, 6) is -0.152. The molecule has 2 amide bonds. The lowest BCUT2D eigenvalue weighted by molar-refractivity contribution is -0.121. The van der Waals surface area contributed by atoms with E-state index in [0.717, 1.165) is 12.8 Å². The van der Waals surface area contributed by atoms with Crippen molar-refractivity contribution >= 4 is 29.4 Å². The SMILES string of the molecule is CNC(=O)CN1C(=O)c2cc(-c3nc(NC4CCOCC4)ncc3Cl)ccc2C1CO. The summed E-state index contributed by atoms with van der Waals surface area (Å²) >= 11 is 6.37. The molecule has 0 bridgehead atoms. The van der Waals surface area contributed by atoms with Crippen molar-refractivity contribution in [2.24, 2.45) is 0 Å². The van der Waals surface area contributed by atoms with Crippen molar-refractivity contribution in [3.05, 3.63) is 40.5 Å².